The molecular formula is C15H30O2Si. The minimum absolute atomic E-state index is 0.234. The zero-order valence-corrected chi connectivity index (χ0v) is 14.0. The smallest absolute Gasteiger partial charge is 0.316 e. The molecule has 0 aliphatic rings. The summed E-state index contributed by atoms with van der Waals surface area (Å²) in [6.07, 6.45) is 4.54. The van der Waals surface area contributed by atoms with Gasteiger partial charge in [-0.25, -0.2) is 4.79 Å². The fourth-order valence-corrected chi connectivity index (χ4v) is 8.80. The van der Waals surface area contributed by atoms with Gasteiger partial charge in [0.1, 0.15) is 0 Å². The molecule has 0 aliphatic heterocycles. The van der Waals surface area contributed by atoms with Crippen LogP contribution in [-0.2, 0) is 9.22 Å². The Kier molecular flexibility index (Phi) is 7.53. The van der Waals surface area contributed by atoms with Crippen LogP contribution in [0.15, 0.2) is 12.7 Å². The fourth-order valence-electron chi connectivity index (χ4n) is 2.93. The van der Waals surface area contributed by atoms with Crippen LogP contribution in [0, 0.1) is 0 Å². The predicted molar refractivity (Wildman–Crippen MR) is 81.2 cm³/mol. The van der Waals surface area contributed by atoms with Gasteiger partial charge in [-0.2, -0.15) is 0 Å². The Morgan fingerprint density at radius 1 is 1.06 bits per heavy atom. The van der Waals surface area contributed by atoms with Crippen LogP contribution in [0.5, 0.6) is 0 Å². The van der Waals surface area contributed by atoms with Gasteiger partial charge in [0, 0.05) is 6.08 Å². The lowest BCUT2D eigenvalue weighted by Gasteiger charge is -2.44. The van der Waals surface area contributed by atoms with E-state index >= 15 is 0 Å². The first-order valence-electron chi connectivity index (χ1n) is 7.25. The second-order valence-corrected chi connectivity index (χ2v) is 10.3. The highest BCUT2D eigenvalue weighted by Gasteiger charge is 2.50. The average molecular weight is 270 g/mol. The Bertz CT molecular complexity index is 249. The van der Waals surface area contributed by atoms with Crippen LogP contribution in [0.3, 0.4) is 0 Å². The molecule has 0 rings (SSSR count). The highest BCUT2D eigenvalue weighted by Crippen LogP contribution is 2.47. The van der Waals surface area contributed by atoms with Crippen molar-refractivity contribution in [1.82, 2.24) is 0 Å². The molecule has 18 heavy (non-hydrogen) atoms. The molecule has 0 aromatic heterocycles. The normalized spacial score (nSPS) is 19.4. The van der Waals surface area contributed by atoms with Crippen molar-refractivity contribution in [3.63, 3.8) is 0 Å². The Morgan fingerprint density at radius 2 is 1.39 bits per heavy atom. The SMILES string of the molecule is C=CC(=O)O[Si](C(C)CC)(C(C)CC)C(C)CC. The molecule has 0 radical (unpaired) electrons. The lowest BCUT2D eigenvalue weighted by molar-refractivity contribution is -0.130. The van der Waals surface area contributed by atoms with E-state index in [4.69, 9.17) is 4.43 Å². The molecule has 0 aromatic rings. The van der Waals surface area contributed by atoms with E-state index in [-0.39, 0.29) is 5.97 Å². The molecule has 0 saturated carbocycles. The summed E-state index contributed by atoms with van der Waals surface area (Å²) in [5, 5.41) is 0. The van der Waals surface area contributed by atoms with Gasteiger partial charge in [0.2, 0.25) is 0 Å². The van der Waals surface area contributed by atoms with Crippen LogP contribution in [0.1, 0.15) is 60.8 Å². The second kappa shape index (κ2) is 7.77. The van der Waals surface area contributed by atoms with Crippen LogP contribution >= 0.6 is 0 Å². The molecule has 0 aliphatic carbocycles. The maximum absolute atomic E-state index is 11.8. The molecule has 0 aromatic carbocycles. The summed E-state index contributed by atoms with van der Waals surface area (Å²) in [6.45, 7) is 16.9. The number of hydrogen-bond acceptors (Lipinski definition) is 2. The van der Waals surface area contributed by atoms with E-state index < -0.39 is 8.32 Å². The number of hydrogen-bond donors (Lipinski definition) is 0. The summed E-state index contributed by atoms with van der Waals surface area (Å²) in [4.78, 5) is 11.8. The molecule has 3 unspecified atom stereocenters. The van der Waals surface area contributed by atoms with Gasteiger partial charge in [0.25, 0.3) is 8.32 Å². The molecule has 3 atom stereocenters. The summed E-state index contributed by atoms with van der Waals surface area (Å²) < 4.78 is 6.03. The van der Waals surface area contributed by atoms with Crippen molar-refractivity contribution in [2.24, 2.45) is 0 Å². The molecule has 0 fully saturated rings. The zero-order chi connectivity index (χ0) is 14.3. The highest BCUT2D eigenvalue weighted by molar-refractivity contribution is 6.79. The molecule has 2 nitrogen and oxygen atoms in total. The van der Waals surface area contributed by atoms with E-state index in [1.165, 1.54) is 6.08 Å². The van der Waals surface area contributed by atoms with Crippen molar-refractivity contribution in [2.75, 3.05) is 0 Å². The molecule has 0 amide bonds. The summed E-state index contributed by atoms with van der Waals surface area (Å²) in [6, 6.07) is 0. The molecular weight excluding hydrogens is 240 g/mol. The van der Waals surface area contributed by atoms with Gasteiger partial charge in [-0.3, -0.25) is 0 Å². The van der Waals surface area contributed by atoms with Gasteiger partial charge in [0.15, 0.2) is 0 Å². The fraction of sp³-hybridized carbons (Fsp3) is 0.800. The topological polar surface area (TPSA) is 26.3 Å². The number of carbonyl (C=O) groups is 1. The van der Waals surface area contributed by atoms with Gasteiger partial charge < -0.3 is 4.43 Å². The second-order valence-electron chi connectivity index (χ2n) is 5.41. The quantitative estimate of drug-likeness (QED) is 0.455. The number of carbonyl (C=O) groups excluding carboxylic acids is 1. The Morgan fingerprint density at radius 3 is 1.61 bits per heavy atom. The predicted octanol–water partition coefficient (Wildman–Crippen LogP) is 5.06. The zero-order valence-electron chi connectivity index (χ0n) is 13.0. The average Bonchev–Trinajstić information content (AvgIpc) is 2.41. The lowest BCUT2D eigenvalue weighted by atomic mass is 10.3. The van der Waals surface area contributed by atoms with E-state index in [1.54, 1.807) is 0 Å². The first-order chi connectivity index (χ1) is 8.40. The van der Waals surface area contributed by atoms with E-state index in [0.717, 1.165) is 19.3 Å². The standard InChI is InChI=1S/C15H30O2Si/c1-8-12(5)18(13(6)9-2,14(7)10-3)17-15(16)11-4/h11-14H,4,8-10H2,1-3,5-7H3. The third-order valence-corrected chi connectivity index (χ3v) is 11.0. The minimum Gasteiger partial charge on any atom is -0.515 e. The minimum atomic E-state index is -2.11. The first-order valence-corrected chi connectivity index (χ1v) is 9.39. The van der Waals surface area contributed by atoms with E-state index in [9.17, 15) is 4.79 Å². The summed E-state index contributed by atoms with van der Waals surface area (Å²) >= 11 is 0. The third kappa shape index (κ3) is 3.47. The molecule has 3 heteroatoms. The van der Waals surface area contributed by atoms with Crippen molar-refractivity contribution in [2.45, 2.75) is 77.4 Å². The number of rotatable bonds is 8. The molecule has 0 spiro atoms. The van der Waals surface area contributed by atoms with E-state index in [2.05, 4.69) is 48.1 Å². The van der Waals surface area contributed by atoms with Gasteiger partial charge in [0.05, 0.1) is 0 Å². The van der Waals surface area contributed by atoms with E-state index in [1.807, 2.05) is 0 Å². The van der Waals surface area contributed by atoms with Crippen LogP contribution < -0.4 is 0 Å². The van der Waals surface area contributed by atoms with Gasteiger partial charge >= 0.3 is 5.97 Å². The summed E-state index contributed by atoms with van der Waals surface area (Å²) in [5.74, 6) is -0.234. The molecule has 0 N–H and O–H groups in total. The molecule has 0 saturated heterocycles. The Labute approximate surface area is 114 Å². The van der Waals surface area contributed by atoms with Crippen molar-refractivity contribution >= 4 is 14.3 Å². The van der Waals surface area contributed by atoms with Crippen molar-refractivity contribution in [1.29, 1.82) is 0 Å². The van der Waals surface area contributed by atoms with Crippen molar-refractivity contribution in [3.8, 4) is 0 Å². The van der Waals surface area contributed by atoms with Gasteiger partial charge in [-0.05, 0) is 16.6 Å². The van der Waals surface area contributed by atoms with Crippen LogP contribution in [0.4, 0.5) is 0 Å². The maximum atomic E-state index is 11.8. The summed E-state index contributed by atoms with van der Waals surface area (Å²) in [7, 11) is -2.11. The molecule has 106 valence electrons. The van der Waals surface area contributed by atoms with Crippen LogP contribution in [0.2, 0.25) is 16.6 Å². The van der Waals surface area contributed by atoms with Gasteiger partial charge in [-0.15, -0.1) is 0 Å². The van der Waals surface area contributed by atoms with Crippen molar-refractivity contribution < 1.29 is 9.22 Å². The Hall–Kier alpha value is -0.573. The molecule has 0 bridgehead atoms. The Balaban J connectivity index is 5.52. The monoisotopic (exact) mass is 270 g/mol. The lowest BCUT2D eigenvalue weighted by Crippen LogP contribution is -2.51. The highest BCUT2D eigenvalue weighted by atomic mass is 28.4. The third-order valence-electron chi connectivity index (χ3n) is 4.59. The largest absolute Gasteiger partial charge is 0.515 e. The molecule has 0 heterocycles. The van der Waals surface area contributed by atoms with E-state index in [0.29, 0.717) is 16.6 Å². The van der Waals surface area contributed by atoms with Crippen molar-refractivity contribution in [3.05, 3.63) is 12.7 Å². The first kappa shape index (κ1) is 17.4. The van der Waals surface area contributed by atoms with Gasteiger partial charge in [-0.1, -0.05) is 67.4 Å². The summed E-state index contributed by atoms with van der Waals surface area (Å²) in [5.41, 5.74) is 1.48. The van der Waals surface area contributed by atoms with Crippen LogP contribution in [-0.4, -0.2) is 14.3 Å². The maximum Gasteiger partial charge on any atom is 0.316 e. The van der Waals surface area contributed by atoms with Crippen LogP contribution in [0.25, 0.3) is 0 Å².